The summed E-state index contributed by atoms with van der Waals surface area (Å²) in [6, 6.07) is 1.80. The van der Waals surface area contributed by atoms with Gasteiger partial charge in [0, 0.05) is 0 Å². The summed E-state index contributed by atoms with van der Waals surface area (Å²) >= 11 is 0. The molecule has 0 aliphatic rings. The van der Waals surface area contributed by atoms with Crippen molar-refractivity contribution in [2.75, 3.05) is 0 Å². The Bertz CT molecular complexity index is 410. The van der Waals surface area contributed by atoms with Crippen LogP contribution in [0.3, 0.4) is 0 Å². The van der Waals surface area contributed by atoms with E-state index in [2.05, 4.69) is 0 Å². The quantitative estimate of drug-likeness (QED) is 0.453. The van der Waals surface area contributed by atoms with E-state index in [9.17, 15) is 17.2 Å². The van der Waals surface area contributed by atoms with Crippen LogP contribution in [0, 0.1) is 11.6 Å². The van der Waals surface area contributed by atoms with Crippen molar-refractivity contribution in [2.24, 2.45) is 0 Å². The number of halogens is 2. The first-order valence-corrected chi connectivity index (χ1v) is 4.28. The van der Waals surface area contributed by atoms with Crippen molar-refractivity contribution in [1.29, 1.82) is 0 Å². The first-order chi connectivity index (χ1) is 5.41. The van der Waals surface area contributed by atoms with Crippen LogP contribution in [-0.4, -0.2) is 13.0 Å². The van der Waals surface area contributed by atoms with Gasteiger partial charge in [-0.05, 0) is 18.2 Å². The van der Waals surface area contributed by atoms with Crippen LogP contribution in [0.15, 0.2) is 23.1 Å². The first kappa shape index (κ1) is 13.0. The van der Waals surface area contributed by atoms with Gasteiger partial charge in [0.2, 0.25) is 0 Å². The van der Waals surface area contributed by atoms with Gasteiger partial charge in [-0.1, -0.05) is 0 Å². The Kier molecular flexibility index (Phi) is 4.47. The monoisotopic (exact) mass is 218 g/mol. The standard InChI is InChI=1S/C6H4F2O3S.Na.H/c7-5-2-1-4(3-6(5)8)12(9,10)11;;/h1-3H,(H,9,10,11);;/q;+1;-1. The molecule has 7 heteroatoms. The van der Waals surface area contributed by atoms with E-state index in [0.29, 0.717) is 12.1 Å². The average Bonchev–Trinajstić information content (AvgIpc) is 1.92. The second-order valence-corrected chi connectivity index (χ2v) is 3.47. The molecular formula is C6H5F2NaO3S. The van der Waals surface area contributed by atoms with Crippen LogP contribution in [0.1, 0.15) is 1.43 Å². The fraction of sp³-hybridized carbons (Fsp3) is 0. The predicted molar refractivity (Wildman–Crippen MR) is 37.3 cm³/mol. The molecule has 0 aliphatic heterocycles. The molecule has 0 aromatic heterocycles. The third kappa shape index (κ3) is 3.32. The van der Waals surface area contributed by atoms with Crippen molar-refractivity contribution in [3.8, 4) is 0 Å². The van der Waals surface area contributed by atoms with Crippen molar-refractivity contribution in [3.05, 3.63) is 29.8 Å². The smallest absolute Gasteiger partial charge is 1.00 e. The van der Waals surface area contributed by atoms with Crippen LogP contribution >= 0.6 is 0 Å². The Labute approximate surface area is 97.3 Å². The predicted octanol–water partition coefficient (Wildman–Crippen LogP) is -1.67. The Morgan fingerprint density at radius 2 is 1.77 bits per heavy atom. The van der Waals surface area contributed by atoms with E-state index in [4.69, 9.17) is 4.55 Å². The molecule has 0 fully saturated rings. The minimum Gasteiger partial charge on any atom is -1.00 e. The Morgan fingerprint density at radius 3 is 2.15 bits per heavy atom. The van der Waals surface area contributed by atoms with Gasteiger partial charge < -0.3 is 1.43 Å². The molecule has 0 unspecified atom stereocenters. The maximum atomic E-state index is 12.4. The number of rotatable bonds is 1. The number of benzene rings is 1. The van der Waals surface area contributed by atoms with Gasteiger partial charge in [-0.2, -0.15) is 8.42 Å². The van der Waals surface area contributed by atoms with Gasteiger partial charge >= 0.3 is 29.6 Å². The first-order valence-electron chi connectivity index (χ1n) is 2.84. The summed E-state index contributed by atoms with van der Waals surface area (Å²) in [5, 5.41) is 0. The zero-order chi connectivity index (χ0) is 9.35. The van der Waals surface area contributed by atoms with Gasteiger partial charge in [-0.25, -0.2) is 8.78 Å². The van der Waals surface area contributed by atoms with Crippen LogP contribution in [-0.2, 0) is 10.1 Å². The van der Waals surface area contributed by atoms with Crippen molar-refractivity contribution < 1.29 is 52.7 Å². The van der Waals surface area contributed by atoms with E-state index in [-0.39, 0.29) is 31.0 Å². The molecule has 0 saturated carbocycles. The van der Waals surface area contributed by atoms with E-state index in [0.717, 1.165) is 6.07 Å². The summed E-state index contributed by atoms with van der Waals surface area (Å²) in [4.78, 5) is -0.665. The molecule has 1 rings (SSSR count). The van der Waals surface area contributed by atoms with Gasteiger partial charge in [0.1, 0.15) is 0 Å². The summed E-state index contributed by atoms with van der Waals surface area (Å²) in [5.41, 5.74) is 0. The fourth-order valence-electron chi connectivity index (χ4n) is 0.637. The molecule has 0 saturated heterocycles. The van der Waals surface area contributed by atoms with Gasteiger partial charge in [0.25, 0.3) is 10.1 Å². The Balaban J connectivity index is 0. The summed E-state index contributed by atoms with van der Waals surface area (Å²) in [6.45, 7) is 0. The summed E-state index contributed by atoms with van der Waals surface area (Å²) < 4.78 is 53.7. The molecule has 0 atom stereocenters. The van der Waals surface area contributed by atoms with Crippen LogP contribution in [0.25, 0.3) is 0 Å². The van der Waals surface area contributed by atoms with Gasteiger partial charge in [-0.15, -0.1) is 0 Å². The second kappa shape index (κ2) is 4.47. The van der Waals surface area contributed by atoms with Crippen LogP contribution in [0.2, 0.25) is 0 Å². The summed E-state index contributed by atoms with van der Waals surface area (Å²) in [5.74, 6) is -2.48. The van der Waals surface area contributed by atoms with Crippen molar-refractivity contribution in [1.82, 2.24) is 0 Å². The molecule has 0 spiro atoms. The van der Waals surface area contributed by atoms with Crippen molar-refractivity contribution >= 4 is 10.1 Å². The molecule has 1 aromatic rings. The topological polar surface area (TPSA) is 54.4 Å². The molecule has 3 nitrogen and oxygen atoms in total. The van der Waals surface area contributed by atoms with Crippen LogP contribution in [0.4, 0.5) is 8.78 Å². The third-order valence-corrected chi connectivity index (χ3v) is 2.04. The van der Waals surface area contributed by atoms with E-state index in [1.54, 1.807) is 0 Å². The average molecular weight is 218 g/mol. The zero-order valence-electron chi connectivity index (χ0n) is 7.66. The molecule has 0 bridgehead atoms. The Morgan fingerprint density at radius 1 is 1.23 bits per heavy atom. The summed E-state index contributed by atoms with van der Waals surface area (Å²) in [7, 11) is -4.45. The fourth-order valence-corrected chi connectivity index (χ4v) is 1.13. The summed E-state index contributed by atoms with van der Waals surface area (Å²) in [6.07, 6.45) is 0. The van der Waals surface area contributed by atoms with Crippen molar-refractivity contribution in [3.63, 3.8) is 0 Å². The molecular weight excluding hydrogens is 213 g/mol. The third-order valence-electron chi connectivity index (χ3n) is 1.19. The normalized spacial score (nSPS) is 10.7. The van der Waals surface area contributed by atoms with Crippen LogP contribution in [0.5, 0.6) is 0 Å². The van der Waals surface area contributed by atoms with Gasteiger partial charge in [0.05, 0.1) is 4.90 Å². The molecule has 13 heavy (non-hydrogen) atoms. The SMILES string of the molecule is O=S(=O)(O)c1ccc(F)c(F)c1.[H-].[Na+]. The molecule has 0 amide bonds. The molecule has 0 aliphatic carbocycles. The second-order valence-electron chi connectivity index (χ2n) is 2.05. The number of hydrogen-bond donors (Lipinski definition) is 1. The van der Waals surface area contributed by atoms with Gasteiger partial charge in [0.15, 0.2) is 11.6 Å². The largest absolute Gasteiger partial charge is 1.00 e. The minimum atomic E-state index is -4.45. The minimum absolute atomic E-state index is 0. The molecule has 1 N–H and O–H groups in total. The van der Waals surface area contributed by atoms with Gasteiger partial charge in [-0.3, -0.25) is 4.55 Å². The number of hydrogen-bond acceptors (Lipinski definition) is 2. The van der Waals surface area contributed by atoms with Crippen LogP contribution < -0.4 is 29.6 Å². The van der Waals surface area contributed by atoms with E-state index < -0.39 is 26.6 Å². The maximum absolute atomic E-state index is 12.4. The van der Waals surface area contributed by atoms with E-state index in [1.807, 2.05) is 0 Å². The zero-order valence-corrected chi connectivity index (χ0v) is 9.48. The molecule has 0 heterocycles. The maximum Gasteiger partial charge on any atom is 1.00 e. The van der Waals surface area contributed by atoms with Crippen molar-refractivity contribution in [2.45, 2.75) is 4.90 Å². The molecule has 0 radical (unpaired) electrons. The Hall–Kier alpha value is -0.0100. The molecule has 1 aromatic carbocycles. The molecule has 68 valence electrons. The van der Waals surface area contributed by atoms with E-state index >= 15 is 0 Å². The van der Waals surface area contributed by atoms with E-state index in [1.165, 1.54) is 0 Å².